The van der Waals surface area contributed by atoms with E-state index in [1.165, 1.54) is 0 Å². The van der Waals surface area contributed by atoms with Gasteiger partial charge < -0.3 is 16.0 Å². The number of hydrogen-bond donors (Lipinski definition) is 3. The Labute approximate surface area is 198 Å². The highest BCUT2D eigenvalue weighted by atomic mass is 19.1. The maximum atomic E-state index is 14.3. The van der Waals surface area contributed by atoms with Gasteiger partial charge in [-0.15, -0.1) is 0 Å². The summed E-state index contributed by atoms with van der Waals surface area (Å²) in [6.45, 7) is 2.76. The largest absolute Gasteiger partial charge is 0.357 e. The summed E-state index contributed by atoms with van der Waals surface area (Å²) in [6.07, 6.45) is 6.18. The van der Waals surface area contributed by atoms with Crippen molar-refractivity contribution >= 4 is 11.9 Å². The molecule has 1 aromatic carbocycles. The van der Waals surface area contributed by atoms with E-state index < -0.39 is 22.7 Å². The summed E-state index contributed by atoms with van der Waals surface area (Å²) in [5.41, 5.74) is -0.151. The van der Waals surface area contributed by atoms with Crippen molar-refractivity contribution in [3.05, 3.63) is 41.1 Å². The van der Waals surface area contributed by atoms with Gasteiger partial charge in [-0.2, -0.15) is 5.26 Å². The van der Waals surface area contributed by atoms with Crippen LogP contribution in [0.4, 0.5) is 14.7 Å². The summed E-state index contributed by atoms with van der Waals surface area (Å²) >= 11 is 0. The quantitative estimate of drug-likeness (QED) is 0.613. The highest BCUT2D eigenvalue weighted by Gasteiger charge is 2.39. The Morgan fingerprint density at radius 2 is 1.85 bits per heavy atom. The van der Waals surface area contributed by atoms with Crippen molar-refractivity contribution in [3.63, 3.8) is 0 Å². The van der Waals surface area contributed by atoms with Gasteiger partial charge >= 0.3 is 0 Å². The number of rotatable bonds is 5. The van der Waals surface area contributed by atoms with Crippen LogP contribution < -0.4 is 16.0 Å². The maximum Gasteiger partial charge on any atom is 0.225 e. The van der Waals surface area contributed by atoms with Gasteiger partial charge in [0.2, 0.25) is 11.9 Å². The fraction of sp³-hybridized carbons (Fsp3) is 0.520. The molecule has 2 aromatic rings. The highest BCUT2D eigenvalue weighted by Crippen LogP contribution is 2.38. The van der Waals surface area contributed by atoms with E-state index in [4.69, 9.17) is 5.26 Å². The normalized spacial score (nSPS) is 22.0. The first kappa shape index (κ1) is 24.0. The van der Waals surface area contributed by atoms with E-state index in [-0.39, 0.29) is 17.4 Å². The van der Waals surface area contributed by atoms with Gasteiger partial charge in [-0.25, -0.2) is 18.7 Å². The molecule has 0 radical (unpaired) electrons. The zero-order chi connectivity index (χ0) is 24.3. The molecule has 2 atom stereocenters. The van der Waals surface area contributed by atoms with Crippen LogP contribution in [0.5, 0.6) is 0 Å². The van der Waals surface area contributed by atoms with Crippen LogP contribution in [0.3, 0.4) is 0 Å². The molecule has 1 aromatic heterocycles. The Hall–Kier alpha value is -3.12. The minimum atomic E-state index is -0.941. The number of anilines is 1. The molecular formula is C25H30F2N6O. The predicted octanol–water partition coefficient (Wildman–Crippen LogP) is 4.00. The minimum absolute atomic E-state index is 0.00271. The Morgan fingerprint density at radius 1 is 1.15 bits per heavy atom. The van der Waals surface area contributed by atoms with Gasteiger partial charge in [0.25, 0.3) is 0 Å². The van der Waals surface area contributed by atoms with Crippen LogP contribution in [-0.4, -0.2) is 35.5 Å². The van der Waals surface area contributed by atoms with E-state index in [2.05, 4.69) is 32.8 Å². The van der Waals surface area contributed by atoms with Crippen molar-refractivity contribution in [1.29, 1.82) is 5.26 Å². The molecule has 4 rings (SSSR count). The molecule has 2 aliphatic rings. The van der Waals surface area contributed by atoms with Gasteiger partial charge in [0.15, 0.2) is 0 Å². The summed E-state index contributed by atoms with van der Waals surface area (Å²) < 4.78 is 28.7. The van der Waals surface area contributed by atoms with E-state index in [0.717, 1.165) is 57.1 Å². The van der Waals surface area contributed by atoms with Crippen LogP contribution in [0.1, 0.15) is 63.1 Å². The lowest BCUT2D eigenvalue weighted by Gasteiger charge is -2.39. The van der Waals surface area contributed by atoms with E-state index in [0.29, 0.717) is 29.9 Å². The van der Waals surface area contributed by atoms with E-state index in [1.807, 2.05) is 0 Å². The molecule has 9 heteroatoms. The molecule has 0 bridgehead atoms. The second-order valence-corrected chi connectivity index (χ2v) is 9.35. The summed E-state index contributed by atoms with van der Waals surface area (Å²) in [5.74, 6) is -1.69. The van der Waals surface area contributed by atoms with Crippen LogP contribution in [-0.2, 0) is 10.3 Å². The molecule has 34 heavy (non-hydrogen) atoms. The molecular weight excluding hydrogens is 438 g/mol. The number of hydrogen-bond acceptors (Lipinski definition) is 6. The number of carbonyl (C=O) groups excluding carboxylic acids is 1. The van der Waals surface area contributed by atoms with Crippen LogP contribution in [0, 0.1) is 28.9 Å². The topological polar surface area (TPSA) is 103 Å². The number of halogens is 2. The molecule has 0 spiro atoms. The average molecular weight is 469 g/mol. The van der Waals surface area contributed by atoms with E-state index in [9.17, 15) is 13.6 Å². The van der Waals surface area contributed by atoms with Crippen LogP contribution in [0.25, 0.3) is 11.3 Å². The molecule has 2 heterocycles. The van der Waals surface area contributed by atoms with Gasteiger partial charge in [-0.05, 0) is 50.8 Å². The van der Waals surface area contributed by atoms with Crippen LogP contribution in [0.2, 0.25) is 0 Å². The second-order valence-electron chi connectivity index (χ2n) is 9.35. The van der Waals surface area contributed by atoms with E-state index in [1.54, 1.807) is 19.2 Å². The number of aromatic nitrogens is 2. The molecule has 7 nitrogen and oxygen atoms in total. The zero-order valence-corrected chi connectivity index (χ0v) is 19.5. The summed E-state index contributed by atoms with van der Waals surface area (Å²) in [6, 6.07) is 5.86. The van der Waals surface area contributed by atoms with Crippen molar-refractivity contribution < 1.29 is 13.6 Å². The summed E-state index contributed by atoms with van der Waals surface area (Å²) in [5, 5.41) is 18.6. The molecule has 3 N–H and O–H groups in total. The number of nitriles is 1. The second kappa shape index (κ2) is 10.0. The Kier molecular flexibility index (Phi) is 7.08. The smallest absolute Gasteiger partial charge is 0.225 e. The fourth-order valence-electron chi connectivity index (χ4n) is 4.94. The number of nitrogens with one attached hydrogen (secondary N) is 3. The third-order valence-corrected chi connectivity index (χ3v) is 6.99. The lowest BCUT2D eigenvalue weighted by molar-refractivity contribution is -0.128. The van der Waals surface area contributed by atoms with Crippen molar-refractivity contribution in [2.45, 2.75) is 63.5 Å². The lowest BCUT2D eigenvalue weighted by Crippen LogP contribution is -2.52. The van der Waals surface area contributed by atoms with Crippen molar-refractivity contribution in [1.82, 2.24) is 20.6 Å². The van der Waals surface area contributed by atoms with E-state index >= 15 is 0 Å². The summed E-state index contributed by atoms with van der Waals surface area (Å²) in [7, 11) is 1.67. The van der Waals surface area contributed by atoms with Gasteiger partial charge in [-0.1, -0.05) is 19.3 Å². The zero-order valence-electron chi connectivity index (χ0n) is 19.5. The lowest BCUT2D eigenvalue weighted by atomic mass is 9.78. The number of amides is 1. The average Bonchev–Trinajstić information content (AvgIpc) is 2.84. The van der Waals surface area contributed by atoms with Crippen molar-refractivity contribution in [3.8, 4) is 17.3 Å². The molecule has 1 aliphatic carbocycles. The number of nitrogens with zero attached hydrogens (tertiary/aromatic N) is 3. The van der Waals surface area contributed by atoms with Gasteiger partial charge in [0.05, 0.1) is 22.8 Å². The molecule has 1 aliphatic heterocycles. The van der Waals surface area contributed by atoms with Crippen molar-refractivity contribution in [2.75, 3.05) is 18.9 Å². The fourth-order valence-corrected chi connectivity index (χ4v) is 4.94. The number of piperidine rings is 1. The predicted molar refractivity (Wildman–Crippen MR) is 125 cm³/mol. The molecule has 2 fully saturated rings. The molecule has 1 amide bonds. The third kappa shape index (κ3) is 4.87. The monoisotopic (exact) mass is 468 g/mol. The first-order valence-corrected chi connectivity index (χ1v) is 11.9. The highest BCUT2D eigenvalue weighted by molar-refractivity contribution is 5.80. The Bertz CT molecular complexity index is 1080. The van der Waals surface area contributed by atoms with Crippen molar-refractivity contribution in [2.24, 2.45) is 5.92 Å². The molecule has 180 valence electrons. The van der Waals surface area contributed by atoms with Gasteiger partial charge in [0, 0.05) is 25.2 Å². The molecule has 1 saturated carbocycles. The first-order valence-electron chi connectivity index (χ1n) is 11.9. The molecule has 0 unspecified atom stereocenters. The van der Waals surface area contributed by atoms with Gasteiger partial charge in [0.1, 0.15) is 23.3 Å². The third-order valence-electron chi connectivity index (χ3n) is 6.99. The molecule has 1 saturated heterocycles. The minimum Gasteiger partial charge on any atom is -0.357 e. The SMILES string of the molecule is CNc1nc(-c2cc(F)c(C#N)c(F)c2)cc(C2(NC(=O)[C@H]3CC[C@@H](C)NC3)CCCCC2)n1. The van der Waals surface area contributed by atoms with Gasteiger partial charge in [-0.3, -0.25) is 4.79 Å². The first-order chi connectivity index (χ1) is 16.3. The van der Waals surface area contributed by atoms with Crippen LogP contribution in [0.15, 0.2) is 18.2 Å². The number of carbonyl (C=O) groups is 1. The summed E-state index contributed by atoms with van der Waals surface area (Å²) in [4.78, 5) is 22.4. The Morgan fingerprint density at radius 3 is 2.44 bits per heavy atom. The Balaban J connectivity index is 1.72. The standard InChI is InChI=1S/C25H30F2N6O/c1-15-6-7-16(14-30-15)23(34)33-25(8-4-3-5-9-25)22-12-21(31-24(29-2)32-22)17-10-19(26)18(13-28)20(27)11-17/h10-12,15-16,30H,3-9,14H2,1-2H3,(H,33,34)(H,29,31,32)/t15-,16+/m1/s1. The number of benzene rings is 1. The maximum absolute atomic E-state index is 14.3. The van der Waals surface area contributed by atoms with Crippen LogP contribution >= 0.6 is 0 Å².